The first-order chi connectivity index (χ1) is 8.34. The third kappa shape index (κ3) is 3.93. The smallest absolute Gasteiger partial charge is 0.142 e. The number of benzene rings is 2. The molecule has 0 saturated heterocycles. The van der Waals surface area contributed by atoms with Gasteiger partial charge < -0.3 is 4.84 Å². The molecule has 3 heteroatoms. The molecule has 2 rings (SSSR count). The Morgan fingerprint density at radius 2 is 1.88 bits per heavy atom. The second-order valence-electron chi connectivity index (χ2n) is 3.55. The fourth-order valence-corrected chi connectivity index (χ4v) is 1.59. The van der Waals surface area contributed by atoms with Gasteiger partial charge in [-0.2, -0.15) is 0 Å². The van der Waals surface area contributed by atoms with Gasteiger partial charge in [0, 0.05) is 5.02 Å². The van der Waals surface area contributed by atoms with Gasteiger partial charge >= 0.3 is 0 Å². The molecule has 0 N–H and O–H groups in total. The molecule has 86 valence electrons. The molecule has 0 saturated carbocycles. The zero-order valence-electron chi connectivity index (χ0n) is 9.21. The number of nitrogens with zero attached hydrogens (tertiary/aromatic N) is 1. The van der Waals surface area contributed by atoms with Crippen LogP contribution in [0.15, 0.2) is 59.8 Å². The summed E-state index contributed by atoms with van der Waals surface area (Å²) in [6, 6.07) is 17.3. The van der Waals surface area contributed by atoms with Gasteiger partial charge in [-0.25, -0.2) is 0 Å². The number of oxime groups is 1. The molecule has 0 bridgehead atoms. The van der Waals surface area contributed by atoms with E-state index in [9.17, 15) is 0 Å². The second-order valence-corrected chi connectivity index (χ2v) is 3.98. The SMILES string of the molecule is Clc1cccc(CON=Cc2ccccc2)c1. The Labute approximate surface area is 105 Å². The van der Waals surface area contributed by atoms with Crippen LogP contribution in [0.4, 0.5) is 0 Å². The Kier molecular flexibility index (Phi) is 4.17. The molecule has 0 radical (unpaired) electrons. The topological polar surface area (TPSA) is 21.6 Å². The minimum atomic E-state index is 0.421. The van der Waals surface area contributed by atoms with Crippen LogP contribution in [0.2, 0.25) is 5.02 Å². The van der Waals surface area contributed by atoms with Crippen molar-refractivity contribution in [3.05, 3.63) is 70.7 Å². The van der Waals surface area contributed by atoms with Crippen LogP contribution in [0.1, 0.15) is 11.1 Å². The minimum Gasteiger partial charge on any atom is -0.391 e. The molecule has 2 aromatic rings. The van der Waals surface area contributed by atoms with E-state index in [1.165, 1.54) is 0 Å². The average molecular weight is 246 g/mol. The third-order valence-corrected chi connectivity index (χ3v) is 2.43. The quantitative estimate of drug-likeness (QED) is 0.592. The molecule has 0 aliphatic heterocycles. The van der Waals surface area contributed by atoms with Crippen LogP contribution >= 0.6 is 11.6 Å². The standard InChI is InChI=1S/C14H12ClNO/c15-14-8-4-7-13(9-14)11-17-16-10-12-5-2-1-3-6-12/h1-10H,11H2. The highest BCUT2D eigenvalue weighted by atomic mass is 35.5. The Morgan fingerprint density at radius 1 is 1.06 bits per heavy atom. The molecule has 0 aliphatic carbocycles. The minimum absolute atomic E-state index is 0.421. The molecule has 0 atom stereocenters. The molecule has 17 heavy (non-hydrogen) atoms. The highest BCUT2D eigenvalue weighted by molar-refractivity contribution is 6.30. The molecule has 0 heterocycles. The highest BCUT2D eigenvalue weighted by Crippen LogP contribution is 2.11. The molecule has 0 spiro atoms. The van der Waals surface area contributed by atoms with Crippen molar-refractivity contribution in [2.24, 2.45) is 5.16 Å². The van der Waals surface area contributed by atoms with E-state index in [-0.39, 0.29) is 0 Å². The Morgan fingerprint density at radius 3 is 2.65 bits per heavy atom. The normalized spacial score (nSPS) is 10.6. The van der Waals surface area contributed by atoms with Crippen molar-refractivity contribution in [1.29, 1.82) is 0 Å². The summed E-state index contributed by atoms with van der Waals surface area (Å²) in [6.07, 6.45) is 1.69. The predicted molar refractivity (Wildman–Crippen MR) is 70.3 cm³/mol. The van der Waals surface area contributed by atoms with Gasteiger partial charge in [0.1, 0.15) is 6.61 Å². The van der Waals surface area contributed by atoms with E-state index in [0.717, 1.165) is 11.1 Å². The summed E-state index contributed by atoms with van der Waals surface area (Å²) >= 11 is 5.86. The molecule has 2 nitrogen and oxygen atoms in total. The van der Waals surface area contributed by atoms with Gasteiger partial charge in [0.05, 0.1) is 6.21 Å². The summed E-state index contributed by atoms with van der Waals surface area (Å²) in [7, 11) is 0. The number of halogens is 1. The molecular formula is C14H12ClNO. The molecule has 0 fully saturated rings. The van der Waals surface area contributed by atoms with Crippen molar-refractivity contribution < 1.29 is 4.84 Å². The van der Waals surface area contributed by atoms with Gasteiger partial charge in [0.25, 0.3) is 0 Å². The highest BCUT2D eigenvalue weighted by Gasteiger charge is 1.93. The van der Waals surface area contributed by atoms with Gasteiger partial charge in [-0.3, -0.25) is 0 Å². The zero-order chi connectivity index (χ0) is 11.9. The van der Waals surface area contributed by atoms with Gasteiger partial charge in [0.15, 0.2) is 0 Å². The lowest BCUT2D eigenvalue weighted by atomic mass is 10.2. The van der Waals surface area contributed by atoms with Crippen LogP contribution in [-0.4, -0.2) is 6.21 Å². The largest absolute Gasteiger partial charge is 0.391 e. The van der Waals surface area contributed by atoms with Gasteiger partial charge in [0.2, 0.25) is 0 Å². The molecular weight excluding hydrogens is 234 g/mol. The number of hydrogen-bond acceptors (Lipinski definition) is 2. The van der Waals surface area contributed by atoms with Crippen molar-refractivity contribution in [1.82, 2.24) is 0 Å². The van der Waals surface area contributed by atoms with Gasteiger partial charge in [-0.05, 0) is 23.3 Å². The first-order valence-corrected chi connectivity index (χ1v) is 5.67. The Bertz CT molecular complexity index is 497. The van der Waals surface area contributed by atoms with Crippen LogP contribution in [0.25, 0.3) is 0 Å². The van der Waals surface area contributed by atoms with Crippen LogP contribution < -0.4 is 0 Å². The zero-order valence-corrected chi connectivity index (χ0v) is 9.97. The first kappa shape index (κ1) is 11.7. The van der Waals surface area contributed by atoms with Gasteiger partial charge in [-0.15, -0.1) is 0 Å². The van der Waals surface area contributed by atoms with Crippen LogP contribution in [0.5, 0.6) is 0 Å². The van der Waals surface area contributed by atoms with Gasteiger partial charge in [-0.1, -0.05) is 59.2 Å². The van der Waals surface area contributed by atoms with E-state index < -0.39 is 0 Å². The summed E-state index contributed by atoms with van der Waals surface area (Å²) in [5.74, 6) is 0. The van der Waals surface area contributed by atoms with E-state index in [0.29, 0.717) is 11.6 Å². The van der Waals surface area contributed by atoms with Crippen LogP contribution in [0, 0.1) is 0 Å². The van der Waals surface area contributed by atoms with Crippen molar-refractivity contribution >= 4 is 17.8 Å². The van der Waals surface area contributed by atoms with Crippen LogP contribution in [0.3, 0.4) is 0 Å². The molecule has 0 aliphatic rings. The van der Waals surface area contributed by atoms with E-state index in [4.69, 9.17) is 16.4 Å². The van der Waals surface area contributed by atoms with Crippen molar-refractivity contribution in [3.63, 3.8) is 0 Å². The summed E-state index contributed by atoms with van der Waals surface area (Å²) < 4.78 is 0. The molecule has 2 aromatic carbocycles. The Balaban J connectivity index is 1.86. The van der Waals surface area contributed by atoms with Crippen molar-refractivity contribution in [2.75, 3.05) is 0 Å². The van der Waals surface area contributed by atoms with E-state index in [1.807, 2.05) is 54.6 Å². The van der Waals surface area contributed by atoms with E-state index in [2.05, 4.69) is 5.16 Å². The van der Waals surface area contributed by atoms with Crippen molar-refractivity contribution in [2.45, 2.75) is 6.61 Å². The lowest BCUT2D eigenvalue weighted by Crippen LogP contribution is -1.87. The molecule has 0 unspecified atom stereocenters. The maximum Gasteiger partial charge on any atom is 0.142 e. The molecule has 0 amide bonds. The fourth-order valence-electron chi connectivity index (χ4n) is 1.38. The van der Waals surface area contributed by atoms with Crippen molar-refractivity contribution in [3.8, 4) is 0 Å². The Hall–Kier alpha value is -1.80. The maximum atomic E-state index is 5.86. The van der Waals surface area contributed by atoms with E-state index in [1.54, 1.807) is 6.21 Å². The number of hydrogen-bond donors (Lipinski definition) is 0. The first-order valence-electron chi connectivity index (χ1n) is 5.29. The van der Waals surface area contributed by atoms with Crippen LogP contribution in [-0.2, 0) is 11.4 Å². The average Bonchev–Trinajstić information content (AvgIpc) is 2.36. The molecule has 0 aromatic heterocycles. The lowest BCUT2D eigenvalue weighted by molar-refractivity contribution is 0.132. The fraction of sp³-hybridized carbons (Fsp3) is 0.0714. The summed E-state index contributed by atoms with van der Waals surface area (Å²) in [5, 5.41) is 4.61. The maximum absolute atomic E-state index is 5.86. The lowest BCUT2D eigenvalue weighted by Gasteiger charge is -1.99. The summed E-state index contributed by atoms with van der Waals surface area (Å²) in [4.78, 5) is 5.19. The second kappa shape index (κ2) is 6.06. The predicted octanol–water partition coefficient (Wildman–Crippen LogP) is 3.89. The third-order valence-electron chi connectivity index (χ3n) is 2.20. The summed E-state index contributed by atoms with van der Waals surface area (Å²) in [5.41, 5.74) is 2.02. The van der Waals surface area contributed by atoms with E-state index >= 15 is 0 Å². The number of rotatable bonds is 4. The monoisotopic (exact) mass is 245 g/mol. The summed E-state index contributed by atoms with van der Waals surface area (Å²) in [6.45, 7) is 0.421.